The number of nitrogens with zero attached hydrogens (tertiary/aromatic N) is 5. The van der Waals surface area contributed by atoms with Crippen LogP contribution in [0.4, 0.5) is 5.82 Å². The molecule has 4 atom stereocenters. The summed E-state index contributed by atoms with van der Waals surface area (Å²) >= 11 is 0. The summed E-state index contributed by atoms with van der Waals surface area (Å²) in [6.45, 7) is 0. The molecule has 2 saturated carbocycles. The van der Waals surface area contributed by atoms with Crippen LogP contribution in [-0.2, 0) is 0 Å². The number of rotatable bonds is 3. The van der Waals surface area contributed by atoms with Gasteiger partial charge in [-0.2, -0.15) is 5.26 Å². The van der Waals surface area contributed by atoms with Gasteiger partial charge < -0.3 is 9.80 Å². The van der Waals surface area contributed by atoms with E-state index in [1.807, 2.05) is 0 Å². The first kappa shape index (κ1) is 14.3. The summed E-state index contributed by atoms with van der Waals surface area (Å²) in [4.78, 5) is 13.0. The molecule has 0 radical (unpaired) electrons. The van der Waals surface area contributed by atoms with Crippen molar-refractivity contribution in [2.75, 3.05) is 26.0 Å². The van der Waals surface area contributed by atoms with Crippen LogP contribution in [0.2, 0.25) is 0 Å². The Kier molecular flexibility index (Phi) is 3.81. The molecule has 0 amide bonds. The quantitative estimate of drug-likeness (QED) is 0.849. The van der Waals surface area contributed by atoms with E-state index in [-0.39, 0.29) is 0 Å². The summed E-state index contributed by atoms with van der Waals surface area (Å²) < 4.78 is 0. The normalized spacial score (nSPS) is 31.2. The Balaban J connectivity index is 1.70. The molecule has 0 saturated heterocycles. The molecule has 2 unspecified atom stereocenters. The molecule has 0 N–H and O–H groups in total. The zero-order chi connectivity index (χ0) is 15.0. The van der Waals surface area contributed by atoms with Crippen LogP contribution in [0.5, 0.6) is 0 Å². The maximum Gasteiger partial charge on any atom is 0.183 e. The average Bonchev–Trinajstić information content (AvgIpc) is 3.05. The fraction of sp³-hybridized carbons (Fsp3) is 0.688. The third-order valence-corrected chi connectivity index (χ3v) is 5.36. The van der Waals surface area contributed by atoms with Crippen molar-refractivity contribution < 1.29 is 0 Å². The predicted octanol–water partition coefficient (Wildman–Crippen LogP) is 1.90. The van der Waals surface area contributed by atoms with E-state index in [0.29, 0.717) is 11.7 Å². The number of fused-ring (bicyclic) bond motifs is 1. The first-order valence-corrected chi connectivity index (χ1v) is 7.70. The SMILES string of the molecule is CN(C)C1C[C@@H]2CC(N(C)c3nccnc3C#N)C[C@@H]2C1. The van der Waals surface area contributed by atoms with Gasteiger partial charge in [0, 0.05) is 31.5 Å². The zero-order valence-corrected chi connectivity index (χ0v) is 13.0. The van der Waals surface area contributed by atoms with Gasteiger partial charge in [0.25, 0.3) is 0 Å². The Morgan fingerprint density at radius 1 is 1.00 bits per heavy atom. The largest absolute Gasteiger partial charge is 0.354 e. The van der Waals surface area contributed by atoms with Gasteiger partial charge in [0.1, 0.15) is 6.07 Å². The van der Waals surface area contributed by atoms with Gasteiger partial charge in [-0.3, -0.25) is 0 Å². The fourth-order valence-electron chi connectivity index (χ4n) is 4.13. The molecule has 0 aromatic carbocycles. The highest BCUT2D eigenvalue weighted by Gasteiger charge is 2.43. The third kappa shape index (κ3) is 2.60. The molecular weight excluding hydrogens is 262 g/mol. The number of aromatic nitrogens is 2. The Morgan fingerprint density at radius 3 is 2.14 bits per heavy atom. The molecule has 21 heavy (non-hydrogen) atoms. The van der Waals surface area contributed by atoms with Crippen molar-refractivity contribution in [3.63, 3.8) is 0 Å². The molecule has 1 aromatic rings. The van der Waals surface area contributed by atoms with Crippen molar-refractivity contribution in [3.05, 3.63) is 18.1 Å². The van der Waals surface area contributed by atoms with Gasteiger partial charge in [-0.05, 0) is 51.6 Å². The molecule has 112 valence electrons. The lowest BCUT2D eigenvalue weighted by Crippen LogP contribution is -2.33. The Hall–Kier alpha value is -1.67. The van der Waals surface area contributed by atoms with Gasteiger partial charge in [-0.25, -0.2) is 9.97 Å². The number of hydrogen-bond acceptors (Lipinski definition) is 5. The summed E-state index contributed by atoms with van der Waals surface area (Å²) in [7, 11) is 6.43. The first-order chi connectivity index (χ1) is 10.1. The van der Waals surface area contributed by atoms with Gasteiger partial charge in [-0.15, -0.1) is 0 Å². The number of anilines is 1. The van der Waals surface area contributed by atoms with E-state index in [1.54, 1.807) is 12.4 Å². The van der Waals surface area contributed by atoms with Gasteiger partial charge in [-0.1, -0.05) is 0 Å². The highest BCUT2D eigenvalue weighted by Crippen LogP contribution is 2.47. The summed E-state index contributed by atoms with van der Waals surface area (Å²) in [5.74, 6) is 2.38. The van der Waals surface area contributed by atoms with Crippen molar-refractivity contribution in [2.45, 2.75) is 37.8 Å². The molecule has 3 rings (SSSR count). The minimum absolute atomic E-state index is 0.434. The van der Waals surface area contributed by atoms with Crippen LogP contribution in [0, 0.1) is 23.2 Å². The van der Waals surface area contributed by atoms with Crippen molar-refractivity contribution in [3.8, 4) is 6.07 Å². The van der Waals surface area contributed by atoms with E-state index in [4.69, 9.17) is 0 Å². The van der Waals surface area contributed by atoms with Gasteiger partial charge in [0.2, 0.25) is 0 Å². The molecule has 0 aliphatic heterocycles. The average molecular weight is 285 g/mol. The van der Waals surface area contributed by atoms with Crippen molar-refractivity contribution in [2.24, 2.45) is 11.8 Å². The molecule has 5 nitrogen and oxygen atoms in total. The van der Waals surface area contributed by atoms with Crippen LogP contribution >= 0.6 is 0 Å². The van der Waals surface area contributed by atoms with E-state index in [9.17, 15) is 5.26 Å². The van der Waals surface area contributed by atoms with E-state index in [0.717, 1.165) is 23.7 Å². The van der Waals surface area contributed by atoms with E-state index < -0.39 is 0 Å². The molecule has 2 fully saturated rings. The van der Waals surface area contributed by atoms with Crippen LogP contribution in [-0.4, -0.2) is 48.1 Å². The lowest BCUT2D eigenvalue weighted by Gasteiger charge is -2.28. The molecular formula is C16H23N5. The highest BCUT2D eigenvalue weighted by molar-refractivity contribution is 5.49. The molecule has 1 aromatic heterocycles. The van der Waals surface area contributed by atoms with Crippen LogP contribution in [0.25, 0.3) is 0 Å². The fourth-order valence-corrected chi connectivity index (χ4v) is 4.13. The topological polar surface area (TPSA) is 56.1 Å². The van der Waals surface area contributed by atoms with E-state index in [2.05, 4.69) is 47.0 Å². The first-order valence-electron chi connectivity index (χ1n) is 7.70. The molecule has 1 heterocycles. The minimum Gasteiger partial charge on any atom is -0.354 e. The zero-order valence-electron chi connectivity index (χ0n) is 13.0. The predicted molar refractivity (Wildman–Crippen MR) is 81.9 cm³/mol. The smallest absolute Gasteiger partial charge is 0.183 e. The maximum atomic E-state index is 9.18. The summed E-state index contributed by atoms with van der Waals surface area (Å²) in [5, 5.41) is 9.18. The highest BCUT2D eigenvalue weighted by atomic mass is 15.2. The molecule has 0 spiro atoms. The molecule has 2 aliphatic carbocycles. The molecule has 0 bridgehead atoms. The lowest BCUT2D eigenvalue weighted by molar-refractivity contribution is 0.281. The third-order valence-electron chi connectivity index (χ3n) is 5.36. The second kappa shape index (κ2) is 5.61. The second-order valence-corrected chi connectivity index (χ2v) is 6.69. The Bertz CT molecular complexity index is 536. The number of nitriles is 1. The van der Waals surface area contributed by atoms with Crippen LogP contribution in [0.15, 0.2) is 12.4 Å². The van der Waals surface area contributed by atoms with Crippen molar-refractivity contribution in [1.29, 1.82) is 5.26 Å². The van der Waals surface area contributed by atoms with Crippen molar-refractivity contribution in [1.82, 2.24) is 14.9 Å². The summed E-state index contributed by atoms with van der Waals surface area (Å²) in [6, 6.07) is 3.39. The van der Waals surface area contributed by atoms with Gasteiger partial charge in [0.15, 0.2) is 11.5 Å². The standard InChI is InChI=1S/C16H23N5/c1-20(2)13-6-11-8-14(9-12(11)7-13)21(3)16-15(10-17)18-4-5-19-16/h4-5,11-14H,6-9H2,1-3H3/t11-,12+,13?,14?. The van der Waals surface area contributed by atoms with Crippen LogP contribution < -0.4 is 4.90 Å². The monoisotopic (exact) mass is 285 g/mol. The lowest BCUT2D eigenvalue weighted by atomic mass is 10.0. The second-order valence-electron chi connectivity index (χ2n) is 6.69. The summed E-state index contributed by atoms with van der Waals surface area (Å²) in [5.41, 5.74) is 0.434. The minimum atomic E-state index is 0.434. The maximum absolute atomic E-state index is 9.18. The molecule has 2 aliphatic rings. The van der Waals surface area contributed by atoms with Gasteiger partial charge >= 0.3 is 0 Å². The van der Waals surface area contributed by atoms with Gasteiger partial charge in [0.05, 0.1) is 0 Å². The molecule has 5 heteroatoms. The number of hydrogen-bond donors (Lipinski definition) is 0. The van der Waals surface area contributed by atoms with Crippen molar-refractivity contribution >= 4 is 5.82 Å². The van der Waals surface area contributed by atoms with Crippen LogP contribution in [0.3, 0.4) is 0 Å². The van der Waals surface area contributed by atoms with E-state index >= 15 is 0 Å². The van der Waals surface area contributed by atoms with Crippen LogP contribution in [0.1, 0.15) is 31.4 Å². The Labute approximate surface area is 126 Å². The Morgan fingerprint density at radius 2 is 1.57 bits per heavy atom. The summed E-state index contributed by atoms with van der Waals surface area (Å²) in [6.07, 6.45) is 8.31. The van der Waals surface area contributed by atoms with E-state index in [1.165, 1.54) is 25.7 Å².